The lowest BCUT2D eigenvalue weighted by Crippen LogP contribution is -2.17. The van der Waals surface area contributed by atoms with Gasteiger partial charge < -0.3 is 9.84 Å². The number of amides is 1. The van der Waals surface area contributed by atoms with Crippen LogP contribution in [0.15, 0.2) is 82.4 Å². The van der Waals surface area contributed by atoms with Gasteiger partial charge in [0, 0.05) is 4.47 Å². The number of phenolic OH excluding ortho intramolecular Hbond substituents is 1. The van der Waals surface area contributed by atoms with E-state index in [9.17, 15) is 14.7 Å². The Hall–Kier alpha value is -3.45. The van der Waals surface area contributed by atoms with Crippen LogP contribution in [0, 0.1) is 0 Å². The van der Waals surface area contributed by atoms with Crippen LogP contribution in [-0.2, 0) is 0 Å². The third kappa shape index (κ3) is 4.83. The predicted molar refractivity (Wildman–Crippen MR) is 109 cm³/mol. The lowest BCUT2D eigenvalue weighted by Gasteiger charge is -2.06. The maximum absolute atomic E-state index is 12.2. The van der Waals surface area contributed by atoms with E-state index < -0.39 is 11.9 Å². The fourth-order valence-corrected chi connectivity index (χ4v) is 2.75. The zero-order chi connectivity index (χ0) is 19.9. The number of ether oxygens (including phenoxy) is 1. The number of nitrogens with one attached hydrogen (secondary N) is 1. The van der Waals surface area contributed by atoms with Gasteiger partial charge in [0.05, 0.1) is 17.3 Å². The maximum Gasteiger partial charge on any atom is 0.344 e. The van der Waals surface area contributed by atoms with Crippen LogP contribution in [0.5, 0.6) is 11.5 Å². The molecule has 0 saturated carbocycles. The first-order valence-electron chi connectivity index (χ1n) is 8.23. The van der Waals surface area contributed by atoms with Crippen molar-refractivity contribution in [3.63, 3.8) is 0 Å². The summed E-state index contributed by atoms with van der Waals surface area (Å²) < 4.78 is 6.00. The summed E-state index contributed by atoms with van der Waals surface area (Å²) in [6.45, 7) is 0. The van der Waals surface area contributed by atoms with Crippen molar-refractivity contribution >= 4 is 34.0 Å². The molecule has 3 aromatic rings. The van der Waals surface area contributed by atoms with Gasteiger partial charge in [0.15, 0.2) is 0 Å². The first-order chi connectivity index (χ1) is 13.5. The number of hydrogen-bond acceptors (Lipinski definition) is 5. The molecule has 0 atom stereocenters. The van der Waals surface area contributed by atoms with Crippen molar-refractivity contribution in [2.75, 3.05) is 0 Å². The lowest BCUT2D eigenvalue weighted by molar-refractivity contribution is 0.0733. The van der Waals surface area contributed by atoms with E-state index in [1.54, 1.807) is 54.6 Å². The van der Waals surface area contributed by atoms with Gasteiger partial charge in [-0.25, -0.2) is 10.2 Å². The molecule has 0 bridgehead atoms. The third-order valence-corrected chi connectivity index (χ3v) is 4.40. The van der Waals surface area contributed by atoms with E-state index in [0.717, 1.165) is 0 Å². The molecule has 0 unspecified atom stereocenters. The molecule has 0 spiro atoms. The third-order valence-electron chi connectivity index (χ3n) is 3.71. The summed E-state index contributed by atoms with van der Waals surface area (Å²) >= 11 is 3.31. The molecule has 3 rings (SSSR count). The van der Waals surface area contributed by atoms with Gasteiger partial charge >= 0.3 is 5.97 Å². The fourth-order valence-electron chi connectivity index (χ4n) is 2.30. The average molecular weight is 439 g/mol. The van der Waals surface area contributed by atoms with E-state index in [0.29, 0.717) is 21.3 Å². The number of rotatable bonds is 5. The highest BCUT2D eigenvalue weighted by Gasteiger charge is 2.12. The van der Waals surface area contributed by atoms with Gasteiger partial charge in [-0.2, -0.15) is 5.10 Å². The first kappa shape index (κ1) is 19.3. The second-order valence-electron chi connectivity index (χ2n) is 5.65. The second-order valence-corrected chi connectivity index (χ2v) is 6.51. The Morgan fingerprint density at radius 3 is 2.25 bits per heavy atom. The van der Waals surface area contributed by atoms with Gasteiger partial charge in [0.2, 0.25) is 0 Å². The van der Waals surface area contributed by atoms with Gasteiger partial charge in [-0.3, -0.25) is 4.79 Å². The van der Waals surface area contributed by atoms with Crippen molar-refractivity contribution in [2.24, 2.45) is 5.10 Å². The molecule has 0 aromatic heterocycles. The Bertz CT molecular complexity index is 1030. The van der Waals surface area contributed by atoms with Crippen molar-refractivity contribution in [2.45, 2.75) is 0 Å². The number of phenols is 1. The summed E-state index contributed by atoms with van der Waals surface area (Å²) in [5.74, 6) is -0.722. The molecule has 0 aliphatic rings. The number of halogens is 1. The first-order valence-corrected chi connectivity index (χ1v) is 9.02. The summed E-state index contributed by atoms with van der Waals surface area (Å²) in [4.78, 5) is 24.1. The number of aromatic hydroxyl groups is 1. The molecule has 6 nitrogen and oxygen atoms in total. The van der Waals surface area contributed by atoms with Crippen LogP contribution in [0.2, 0.25) is 0 Å². The van der Waals surface area contributed by atoms with Crippen molar-refractivity contribution in [3.05, 3.63) is 94.0 Å². The molecule has 1 amide bonds. The van der Waals surface area contributed by atoms with Crippen LogP contribution in [-0.4, -0.2) is 23.2 Å². The van der Waals surface area contributed by atoms with E-state index in [-0.39, 0.29) is 11.3 Å². The number of nitrogens with zero attached hydrogens (tertiary/aromatic N) is 1. The average Bonchev–Trinajstić information content (AvgIpc) is 2.70. The monoisotopic (exact) mass is 438 g/mol. The molecule has 0 heterocycles. The fraction of sp³-hybridized carbons (Fsp3) is 0. The molecule has 140 valence electrons. The topological polar surface area (TPSA) is 88.0 Å². The predicted octanol–water partition coefficient (Wildman–Crippen LogP) is 4.14. The molecule has 0 radical (unpaired) electrons. The minimum absolute atomic E-state index is 0.119. The highest BCUT2D eigenvalue weighted by Crippen LogP contribution is 2.19. The number of benzene rings is 3. The highest BCUT2D eigenvalue weighted by atomic mass is 79.9. The van der Waals surface area contributed by atoms with Crippen molar-refractivity contribution < 1.29 is 19.4 Å². The van der Waals surface area contributed by atoms with Crippen molar-refractivity contribution in [1.29, 1.82) is 0 Å². The van der Waals surface area contributed by atoms with Crippen molar-refractivity contribution in [1.82, 2.24) is 5.43 Å². The summed E-state index contributed by atoms with van der Waals surface area (Å²) in [5.41, 5.74) is 3.60. The molecule has 28 heavy (non-hydrogen) atoms. The van der Waals surface area contributed by atoms with Crippen LogP contribution in [0.3, 0.4) is 0 Å². The quantitative estimate of drug-likeness (QED) is 0.271. The molecule has 2 N–H and O–H groups in total. The van der Waals surface area contributed by atoms with E-state index in [1.165, 1.54) is 18.3 Å². The van der Waals surface area contributed by atoms with Crippen LogP contribution in [0.1, 0.15) is 26.3 Å². The van der Waals surface area contributed by atoms with Crippen LogP contribution in [0.25, 0.3) is 0 Å². The Kier molecular flexibility index (Phi) is 6.18. The SMILES string of the molecule is O=C(N/N=C/c1ccc(OC(=O)c2ccccc2Br)cc1)c1ccccc1O. The Morgan fingerprint density at radius 1 is 0.929 bits per heavy atom. The standard InChI is InChI=1S/C21H15BrN2O4/c22-18-7-3-1-5-16(18)21(27)28-15-11-9-14(10-12-15)13-23-24-20(26)17-6-2-4-8-19(17)25/h1-13,25H,(H,24,26)/b23-13+. The molecule has 7 heteroatoms. The summed E-state index contributed by atoms with van der Waals surface area (Å²) in [7, 11) is 0. The number of para-hydroxylation sites is 1. The molecular formula is C21H15BrN2O4. The minimum Gasteiger partial charge on any atom is -0.507 e. The van der Waals surface area contributed by atoms with E-state index in [4.69, 9.17) is 4.74 Å². The van der Waals surface area contributed by atoms with Crippen LogP contribution in [0.4, 0.5) is 0 Å². The Morgan fingerprint density at radius 2 is 1.57 bits per heavy atom. The van der Waals surface area contributed by atoms with Crippen LogP contribution < -0.4 is 10.2 Å². The van der Waals surface area contributed by atoms with Gasteiger partial charge in [-0.1, -0.05) is 24.3 Å². The van der Waals surface area contributed by atoms with E-state index in [2.05, 4.69) is 26.5 Å². The summed E-state index contributed by atoms with van der Waals surface area (Å²) in [5, 5.41) is 13.5. The molecule has 3 aromatic carbocycles. The summed E-state index contributed by atoms with van der Waals surface area (Å²) in [6.07, 6.45) is 1.44. The van der Waals surface area contributed by atoms with Crippen molar-refractivity contribution in [3.8, 4) is 11.5 Å². The molecule has 0 aliphatic heterocycles. The molecule has 0 fully saturated rings. The number of hydrogen-bond donors (Lipinski definition) is 2. The van der Waals surface area contributed by atoms with E-state index >= 15 is 0 Å². The van der Waals surface area contributed by atoms with Gasteiger partial charge in [-0.15, -0.1) is 0 Å². The highest BCUT2D eigenvalue weighted by molar-refractivity contribution is 9.10. The largest absolute Gasteiger partial charge is 0.507 e. The van der Waals surface area contributed by atoms with Gasteiger partial charge in [-0.05, 0) is 70.0 Å². The minimum atomic E-state index is -0.520. The van der Waals surface area contributed by atoms with Crippen LogP contribution >= 0.6 is 15.9 Å². The lowest BCUT2D eigenvalue weighted by atomic mass is 10.2. The number of carbonyl (C=O) groups excluding carboxylic acids is 2. The number of hydrazone groups is 1. The second kappa shape index (κ2) is 8.96. The number of esters is 1. The van der Waals surface area contributed by atoms with Gasteiger partial charge in [0.1, 0.15) is 11.5 Å². The smallest absolute Gasteiger partial charge is 0.344 e. The van der Waals surface area contributed by atoms with E-state index in [1.807, 2.05) is 6.07 Å². The normalized spacial score (nSPS) is 10.6. The maximum atomic E-state index is 12.2. The Balaban J connectivity index is 1.59. The zero-order valence-corrected chi connectivity index (χ0v) is 16.1. The molecular weight excluding hydrogens is 424 g/mol. The molecule has 0 aliphatic carbocycles. The summed E-state index contributed by atoms with van der Waals surface area (Å²) in [6, 6.07) is 19.8. The Labute approximate surface area is 169 Å². The zero-order valence-electron chi connectivity index (χ0n) is 14.5. The number of carbonyl (C=O) groups is 2. The molecule has 0 saturated heterocycles. The van der Waals surface area contributed by atoms with Gasteiger partial charge in [0.25, 0.3) is 5.91 Å².